The summed E-state index contributed by atoms with van der Waals surface area (Å²) in [6, 6.07) is -0.331. The van der Waals surface area contributed by atoms with Crippen molar-refractivity contribution in [1.29, 1.82) is 0 Å². The van der Waals surface area contributed by atoms with Gasteiger partial charge in [-0.1, -0.05) is 0 Å². The summed E-state index contributed by atoms with van der Waals surface area (Å²) in [7, 11) is -4.79. The molecule has 1 saturated heterocycles. The third-order valence-electron chi connectivity index (χ3n) is 2.25. The fraction of sp³-hybridized carbons (Fsp3) is 0.875. The summed E-state index contributed by atoms with van der Waals surface area (Å²) in [5, 5.41) is 12.2. The molecule has 10 heteroatoms. The number of carbonyl (C=O) groups is 1. The predicted molar refractivity (Wildman–Crippen MR) is 53.6 cm³/mol. The van der Waals surface area contributed by atoms with Crippen molar-refractivity contribution < 1.29 is 61.3 Å². The summed E-state index contributed by atoms with van der Waals surface area (Å²) in [6.45, 7) is 0.939. The van der Waals surface area contributed by atoms with Crippen LogP contribution in [0.5, 0.6) is 0 Å². The first-order valence-electron chi connectivity index (χ1n) is 4.95. The van der Waals surface area contributed by atoms with E-state index in [0.29, 0.717) is 0 Å². The molecule has 18 heavy (non-hydrogen) atoms. The molecule has 100 valence electrons. The van der Waals surface area contributed by atoms with Gasteiger partial charge in [0.25, 0.3) is 0 Å². The maximum atomic E-state index is 10.8. The molecule has 0 aromatic heterocycles. The van der Waals surface area contributed by atoms with Gasteiger partial charge in [0.2, 0.25) is 16.3 Å². The molecule has 1 aliphatic rings. The van der Waals surface area contributed by atoms with Crippen LogP contribution in [0.2, 0.25) is 0 Å². The van der Waals surface area contributed by atoms with Crippen molar-refractivity contribution in [3.05, 3.63) is 0 Å². The second-order valence-electron chi connectivity index (χ2n) is 3.77. The molecule has 2 unspecified atom stereocenters. The van der Waals surface area contributed by atoms with Crippen molar-refractivity contribution in [3.63, 3.8) is 0 Å². The van der Waals surface area contributed by atoms with Crippen LogP contribution in [-0.2, 0) is 24.1 Å². The quantitative estimate of drug-likeness (QED) is 0.302. The van der Waals surface area contributed by atoms with E-state index in [4.69, 9.17) is 4.74 Å². The van der Waals surface area contributed by atoms with Gasteiger partial charge in [0.15, 0.2) is 0 Å². The van der Waals surface area contributed by atoms with Gasteiger partial charge in [-0.3, -0.25) is 8.98 Å². The minimum absolute atomic E-state index is 0. The van der Waals surface area contributed by atoms with E-state index in [1.54, 1.807) is 0 Å². The summed E-state index contributed by atoms with van der Waals surface area (Å²) in [6.07, 6.45) is -1.67. The normalized spacial score (nSPS) is 28.3. The number of carbonyl (C=O) groups excluding carboxylic acids is 1. The van der Waals surface area contributed by atoms with Gasteiger partial charge in [0.1, 0.15) is 6.10 Å². The van der Waals surface area contributed by atoms with E-state index in [1.807, 2.05) is 0 Å². The van der Waals surface area contributed by atoms with Crippen molar-refractivity contribution in [2.45, 2.75) is 31.6 Å². The van der Waals surface area contributed by atoms with Gasteiger partial charge in [-0.05, 0) is 6.42 Å². The SMILES string of the molecule is CC(=O)NC1COC(COS(=O)(=O)[O-])[C@H](O)C1.[Na+]. The molecule has 1 rings (SSSR count). The Labute approximate surface area is 127 Å². The smallest absolute Gasteiger partial charge is 0.726 e. The molecule has 0 aromatic carbocycles. The number of rotatable bonds is 4. The Balaban J connectivity index is 0.00000289. The Morgan fingerprint density at radius 2 is 2.22 bits per heavy atom. The molecule has 0 bridgehead atoms. The molecule has 0 saturated carbocycles. The second kappa shape index (κ2) is 7.75. The molecule has 0 spiro atoms. The van der Waals surface area contributed by atoms with Gasteiger partial charge in [-0.25, -0.2) is 8.42 Å². The molecule has 0 aromatic rings. The molecule has 1 amide bonds. The Hall–Kier alpha value is 0.260. The second-order valence-corrected chi connectivity index (χ2v) is 4.82. The number of hydrogen-bond donors (Lipinski definition) is 2. The molecule has 2 N–H and O–H groups in total. The summed E-state index contributed by atoms with van der Waals surface area (Å²) >= 11 is 0. The first-order chi connectivity index (χ1) is 7.78. The van der Waals surface area contributed by atoms with Crippen LogP contribution in [0.4, 0.5) is 0 Å². The Morgan fingerprint density at radius 1 is 1.61 bits per heavy atom. The van der Waals surface area contributed by atoms with Crippen molar-refractivity contribution in [3.8, 4) is 0 Å². The first kappa shape index (κ1) is 18.3. The number of nitrogens with one attached hydrogen (secondary N) is 1. The molecule has 1 fully saturated rings. The fourth-order valence-electron chi connectivity index (χ4n) is 1.56. The van der Waals surface area contributed by atoms with Crippen LogP contribution in [0.1, 0.15) is 13.3 Å². The van der Waals surface area contributed by atoms with E-state index < -0.39 is 29.2 Å². The standard InChI is InChI=1S/C8H15NO7S.Na/c1-5(10)9-6-2-7(11)8(15-3-6)4-16-17(12,13)14;/h6-8,11H,2-4H2,1H3,(H,9,10)(H,12,13,14);/q;+1/p-1/t6?,7-,8?;/m1./s1. The molecule has 1 heterocycles. The third kappa shape index (κ3) is 7.00. The maximum absolute atomic E-state index is 10.8. The average Bonchev–Trinajstić information content (AvgIpc) is 2.13. The Bertz CT molecular complexity index is 374. The van der Waals surface area contributed by atoms with Gasteiger partial charge in [0, 0.05) is 6.92 Å². The summed E-state index contributed by atoms with van der Waals surface area (Å²) in [5.74, 6) is -0.248. The fourth-order valence-corrected chi connectivity index (χ4v) is 1.86. The molecule has 1 aliphatic heterocycles. The number of hydrogen-bond acceptors (Lipinski definition) is 7. The molecule has 3 atom stereocenters. The molecular formula is C8H14NNaO7S. The van der Waals surface area contributed by atoms with E-state index in [1.165, 1.54) is 6.92 Å². The van der Waals surface area contributed by atoms with Crippen molar-refractivity contribution in [2.24, 2.45) is 0 Å². The van der Waals surface area contributed by atoms with Gasteiger partial charge in [-0.2, -0.15) is 0 Å². The van der Waals surface area contributed by atoms with Crippen molar-refractivity contribution in [2.75, 3.05) is 13.2 Å². The minimum atomic E-state index is -4.79. The van der Waals surface area contributed by atoms with Crippen molar-refractivity contribution in [1.82, 2.24) is 5.32 Å². The van der Waals surface area contributed by atoms with E-state index in [-0.39, 0.29) is 54.5 Å². The summed E-state index contributed by atoms with van der Waals surface area (Å²) in [4.78, 5) is 10.8. The number of ether oxygens (including phenoxy) is 1. The molecular weight excluding hydrogens is 277 g/mol. The van der Waals surface area contributed by atoms with E-state index in [9.17, 15) is 22.9 Å². The molecule has 8 nitrogen and oxygen atoms in total. The number of aliphatic hydroxyl groups is 1. The molecule has 0 radical (unpaired) electrons. The first-order valence-corrected chi connectivity index (χ1v) is 6.28. The summed E-state index contributed by atoms with van der Waals surface area (Å²) in [5.41, 5.74) is 0. The average molecular weight is 291 g/mol. The van der Waals surface area contributed by atoms with E-state index in [2.05, 4.69) is 9.50 Å². The van der Waals surface area contributed by atoms with Crippen LogP contribution in [-0.4, -0.2) is 55.4 Å². The molecule has 0 aliphatic carbocycles. The monoisotopic (exact) mass is 291 g/mol. The predicted octanol–water partition coefficient (Wildman–Crippen LogP) is -4.88. The van der Waals surface area contributed by atoms with E-state index >= 15 is 0 Å². The van der Waals surface area contributed by atoms with Crippen LogP contribution < -0.4 is 34.9 Å². The van der Waals surface area contributed by atoms with Gasteiger partial charge < -0.3 is 19.7 Å². The Kier molecular flexibility index (Phi) is 7.87. The largest absolute Gasteiger partial charge is 1.00 e. The van der Waals surface area contributed by atoms with Gasteiger partial charge in [-0.15, -0.1) is 0 Å². The number of aliphatic hydroxyl groups excluding tert-OH is 1. The van der Waals surface area contributed by atoms with Crippen LogP contribution in [0, 0.1) is 0 Å². The number of amides is 1. The van der Waals surface area contributed by atoms with Crippen LogP contribution in [0.15, 0.2) is 0 Å². The summed E-state index contributed by atoms with van der Waals surface area (Å²) < 4.78 is 39.8. The zero-order valence-electron chi connectivity index (χ0n) is 10.2. The van der Waals surface area contributed by atoms with Crippen LogP contribution in [0.25, 0.3) is 0 Å². The third-order valence-corrected chi connectivity index (χ3v) is 2.68. The topological polar surface area (TPSA) is 125 Å². The van der Waals surface area contributed by atoms with Crippen LogP contribution in [0.3, 0.4) is 0 Å². The zero-order chi connectivity index (χ0) is 13.1. The van der Waals surface area contributed by atoms with Gasteiger partial charge >= 0.3 is 29.6 Å². The van der Waals surface area contributed by atoms with E-state index in [0.717, 1.165) is 0 Å². The minimum Gasteiger partial charge on any atom is -0.726 e. The van der Waals surface area contributed by atoms with Crippen molar-refractivity contribution >= 4 is 16.3 Å². The van der Waals surface area contributed by atoms with Crippen LogP contribution >= 0.6 is 0 Å². The zero-order valence-corrected chi connectivity index (χ0v) is 13.0. The maximum Gasteiger partial charge on any atom is 1.00 e. The van der Waals surface area contributed by atoms with Gasteiger partial charge in [0.05, 0.1) is 25.4 Å². The Morgan fingerprint density at radius 3 is 2.67 bits per heavy atom.